The summed E-state index contributed by atoms with van der Waals surface area (Å²) in [6.45, 7) is 12.4. The third kappa shape index (κ3) is 7.82. The van der Waals surface area contributed by atoms with Crippen molar-refractivity contribution in [3.63, 3.8) is 0 Å². The van der Waals surface area contributed by atoms with Gasteiger partial charge in [0.25, 0.3) is 0 Å². The summed E-state index contributed by atoms with van der Waals surface area (Å²) >= 11 is 0. The molecule has 3 heteroatoms. The van der Waals surface area contributed by atoms with E-state index in [1.54, 1.807) is 0 Å². The van der Waals surface area contributed by atoms with Gasteiger partial charge in [0.15, 0.2) is 9.76 Å². The van der Waals surface area contributed by atoms with Gasteiger partial charge < -0.3 is 5.85 Å². The maximum Gasteiger partial charge on any atom is 1.00 e. The van der Waals surface area contributed by atoms with Crippen LogP contribution in [0.25, 0.3) is 0 Å². The standard InChI is InChI=1S/C10H24OSi.Li.H/c1-6-7-8-11-12-10(4,5)9(2)3;;/h9H,6-8,12H2,1-5H3;;/q;+1;-1. The van der Waals surface area contributed by atoms with Crippen molar-refractivity contribution in [3.05, 3.63) is 0 Å². The van der Waals surface area contributed by atoms with Gasteiger partial charge in [0.05, 0.1) is 0 Å². The molecule has 0 heterocycles. The monoisotopic (exact) mass is 196 g/mol. The SMILES string of the molecule is CCCCO[SiH2]C(C)(C)C(C)C.[H-].[Li+]. The Morgan fingerprint density at radius 3 is 2.31 bits per heavy atom. The number of rotatable bonds is 6. The van der Waals surface area contributed by atoms with Gasteiger partial charge in [-0.15, -0.1) is 0 Å². The number of unbranched alkanes of at least 4 members (excludes halogenated alkanes) is 1. The van der Waals surface area contributed by atoms with E-state index < -0.39 is 0 Å². The molecule has 13 heavy (non-hydrogen) atoms. The van der Waals surface area contributed by atoms with Gasteiger partial charge in [-0.3, -0.25) is 0 Å². The Labute approximate surface area is 99.6 Å². The van der Waals surface area contributed by atoms with E-state index in [4.69, 9.17) is 4.43 Å². The molecule has 0 radical (unpaired) electrons. The van der Waals surface area contributed by atoms with E-state index in [-0.39, 0.29) is 30.1 Å². The summed E-state index contributed by atoms with van der Waals surface area (Å²) in [6.07, 6.45) is 2.47. The molecule has 1 nitrogen and oxygen atoms in total. The maximum absolute atomic E-state index is 5.74. The van der Waals surface area contributed by atoms with Crippen LogP contribution in [0.2, 0.25) is 5.04 Å². The molecule has 0 saturated carbocycles. The second-order valence-electron chi connectivity index (χ2n) is 4.55. The smallest absolute Gasteiger partial charge is 1.00 e. The van der Waals surface area contributed by atoms with Crippen LogP contribution in [-0.4, -0.2) is 16.4 Å². The summed E-state index contributed by atoms with van der Waals surface area (Å²) in [5, 5.41) is 0.466. The van der Waals surface area contributed by atoms with Crippen molar-refractivity contribution < 1.29 is 24.7 Å². The van der Waals surface area contributed by atoms with Crippen LogP contribution in [0.15, 0.2) is 0 Å². The Morgan fingerprint density at radius 1 is 1.38 bits per heavy atom. The summed E-state index contributed by atoms with van der Waals surface area (Å²) < 4.78 is 5.74. The molecular formula is C10H25LiOSi. The summed E-state index contributed by atoms with van der Waals surface area (Å²) in [7, 11) is -0.329. The maximum atomic E-state index is 5.74. The van der Waals surface area contributed by atoms with Crippen LogP contribution in [0.4, 0.5) is 0 Å². The molecule has 0 amide bonds. The number of hydrogen-bond donors (Lipinski definition) is 0. The molecule has 0 aliphatic rings. The molecule has 0 aromatic carbocycles. The van der Waals surface area contributed by atoms with Crippen LogP contribution >= 0.6 is 0 Å². The van der Waals surface area contributed by atoms with Crippen LogP contribution in [-0.2, 0) is 4.43 Å². The molecule has 0 unspecified atom stereocenters. The predicted molar refractivity (Wildman–Crippen MR) is 59.4 cm³/mol. The van der Waals surface area contributed by atoms with Crippen molar-refractivity contribution >= 4 is 9.76 Å². The van der Waals surface area contributed by atoms with Crippen molar-refractivity contribution in [3.8, 4) is 0 Å². The Bertz CT molecular complexity index is 121. The first-order valence-corrected chi connectivity index (χ1v) is 6.37. The molecule has 76 valence electrons. The zero-order valence-electron chi connectivity index (χ0n) is 11.3. The van der Waals surface area contributed by atoms with E-state index in [1.807, 2.05) is 0 Å². The van der Waals surface area contributed by atoms with E-state index in [0.717, 1.165) is 12.5 Å². The topological polar surface area (TPSA) is 9.23 Å². The molecule has 0 aromatic rings. The Balaban J connectivity index is -0.000000605. The molecule has 0 aliphatic heterocycles. The molecule has 0 aromatic heterocycles. The van der Waals surface area contributed by atoms with Crippen LogP contribution < -0.4 is 18.9 Å². The van der Waals surface area contributed by atoms with Gasteiger partial charge in [0, 0.05) is 6.61 Å². The molecule has 0 fully saturated rings. The minimum Gasteiger partial charge on any atom is -1.00 e. The predicted octanol–water partition coefficient (Wildman–Crippen LogP) is -0.142. The second-order valence-corrected chi connectivity index (χ2v) is 7.07. The van der Waals surface area contributed by atoms with Gasteiger partial charge in [0.2, 0.25) is 0 Å². The van der Waals surface area contributed by atoms with Gasteiger partial charge in [0.1, 0.15) is 0 Å². The van der Waals surface area contributed by atoms with Gasteiger partial charge in [-0.05, 0) is 17.4 Å². The average Bonchev–Trinajstić information content (AvgIpc) is 1.98. The van der Waals surface area contributed by atoms with Crippen LogP contribution in [0, 0.1) is 5.92 Å². The van der Waals surface area contributed by atoms with Crippen molar-refractivity contribution in [1.82, 2.24) is 0 Å². The first kappa shape index (κ1) is 16.2. The van der Waals surface area contributed by atoms with E-state index in [2.05, 4.69) is 34.6 Å². The fraction of sp³-hybridized carbons (Fsp3) is 1.00. The summed E-state index contributed by atoms with van der Waals surface area (Å²) in [6, 6.07) is 0. The fourth-order valence-corrected chi connectivity index (χ4v) is 1.96. The fourth-order valence-electron chi connectivity index (χ4n) is 0.748. The van der Waals surface area contributed by atoms with Crippen molar-refractivity contribution in [2.75, 3.05) is 6.61 Å². The van der Waals surface area contributed by atoms with Gasteiger partial charge in [-0.1, -0.05) is 41.0 Å². The Hall–Kier alpha value is 0.774. The first-order valence-electron chi connectivity index (χ1n) is 5.08. The minimum absolute atomic E-state index is 0. The summed E-state index contributed by atoms with van der Waals surface area (Å²) in [5.41, 5.74) is 0. The average molecular weight is 196 g/mol. The van der Waals surface area contributed by atoms with Gasteiger partial charge >= 0.3 is 18.9 Å². The van der Waals surface area contributed by atoms with E-state index >= 15 is 0 Å². The van der Waals surface area contributed by atoms with Crippen molar-refractivity contribution in [2.45, 2.75) is 52.5 Å². The van der Waals surface area contributed by atoms with Crippen molar-refractivity contribution in [1.29, 1.82) is 0 Å². The minimum atomic E-state index is -0.329. The first-order chi connectivity index (χ1) is 5.50. The quantitative estimate of drug-likeness (QED) is 0.424. The molecular weight excluding hydrogens is 171 g/mol. The molecule has 0 N–H and O–H groups in total. The Morgan fingerprint density at radius 2 is 1.92 bits per heavy atom. The normalized spacial score (nSPS) is 12.5. The third-order valence-corrected chi connectivity index (χ3v) is 4.73. The van der Waals surface area contributed by atoms with E-state index in [0.29, 0.717) is 5.04 Å². The molecule has 0 bridgehead atoms. The zero-order chi connectivity index (χ0) is 9.61. The Kier molecular flexibility index (Phi) is 10.1. The van der Waals surface area contributed by atoms with Crippen LogP contribution in [0.5, 0.6) is 0 Å². The van der Waals surface area contributed by atoms with E-state index in [9.17, 15) is 0 Å². The molecule has 0 spiro atoms. The summed E-state index contributed by atoms with van der Waals surface area (Å²) in [5.74, 6) is 0.755. The van der Waals surface area contributed by atoms with E-state index in [1.165, 1.54) is 12.8 Å². The summed E-state index contributed by atoms with van der Waals surface area (Å²) in [4.78, 5) is 0. The van der Waals surface area contributed by atoms with Crippen LogP contribution in [0.3, 0.4) is 0 Å². The van der Waals surface area contributed by atoms with Crippen molar-refractivity contribution in [2.24, 2.45) is 5.92 Å². The third-order valence-electron chi connectivity index (χ3n) is 2.68. The largest absolute Gasteiger partial charge is 1.00 e. The molecule has 0 rings (SSSR count). The van der Waals surface area contributed by atoms with Gasteiger partial charge in [-0.2, -0.15) is 0 Å². The molecule has 0 aliphatic carbocycles. The molecule has 0 saturated heterocycles. The second kappa shape index (κ2) is 8.11. The van der Waals surface area contributed by atoms with Gasteiger partial charge in [-0.25, -0.2) is 0 Å². The molecule has 0 atom stereocenters. The zero-order valence-corrected chi connectivity index (χ0v) is 11.7. The number of hydrogen-bond acceptors (Lipinski definition) is 1. The van der Waals surface area contributed by atoms with Crippen LogP contribution in [0.1, 0.15) is 48.9 Å².